The zero-order valence-electron chi connectivity index (χ0n) is 12.2. The van der Waals surface area contributed by atoms with Gasteiger partial charge in [0.25, 0.3) is 0 Å². The van der Waals surface area contributed by atoms with Gasteiger partial charge in [0.2, 0.25) is 5.91 Å². The van der Waals surface area contributed by atoms with Gasteiger partial charge in [-0.3, -0.25) is 9.69 Å². The maximum Gasteiger partial charge on any atom is 0.234 e. The maximum absolute atomic E-state index is 11.8. The third-order valence-electron chi connectivity index (χ3n) is 3.52. The molecule has 1 aliphatic rings. The number of rotatable bonds is 7. The number of nitrogens with one attached hydrogen (secondary N) is 1. The van der Waals surface area contributed by atoms with E-state index in [2.05, 4.69) is 19.2 Å². The topological polar surface area (TPSA) is 66.5 Å². The van der Waals surface area contributed by atoms with E-state index in [-0.39, 0.29) is 23.5 Å². The minimum atomic E-state index is -2.89. The largest absolute Gasteiger partial charge is 0.355 e. The molecule has 1 fully saturated rings. The fraction of sp³-hybridized carbons (Fsp3) is 0.923. The minimum Gasteiger partial charge on any atom is -0.355 e. The van der Waals surface area contributed by atoms with Crippen molar-refractivity contribution in [3.63, 3.8) is 0 Å². The molecule has 1 N–H and O–H groups in total. The van der Waals surface area contributed by atoms with E-state index in [1.807, 2.05) is 11.8 Å². The average molecular weight is 290 g/mol. The summed E-state index contributed by atoms with van der Waals surface area (Å²) in [5.74, 6) is 1.01. The first kappa shape index (κ1) is 16.4. The number of hydrogen-bond acceptors (Lipinski definition) is 4. The van der Waals surface area contributed by atoms with Crippen molar-refractivity contribution in [3.8, 4) is 0 Å². The lowest BCUT2D eigenvalue weighted by molar-refractivity contribution is -0.122. The monoisotopic (exact) mass is 290 g/mol. The van der Waals surface area contributed by atoms with Gasteiger partial charge in [0, 0.05) is 12.6 Å². The van der Waals surface area contributed by atoms with Crippen LogP contribution in [0.5, 0.6) is 0 Å². The van der Waals surface area contributed by atoms with Crippen LogP contribution in [-0.2, 0) is 14.6 Å². The first-order valence-corrected chi connectivity index (χ1v) is 8.87. The van der Waals surface area contributed by atoms with Crippen LogP contribution in [0, 0.1) is 5.92 Å². The highest BCUT2D eigenvalue weighted by atomic mass is 32.2. The highest BCUT2D eigenvalue weighted by molar-refractivity contribution is 7.91. The molecule has 0 aromatic heterocycles. The molecule has 1 aliphatic heterocycles. The van der Waals surface area contributed by atoms with Crippen molar-refractivity contribution in [2.24, 2.45) is 5.92 Å². The van der Waals surface area contributed by atoms with Crippen LogP contribution >= 0.6 is 0 Å². The summed E-state index contributed by atoms with van der Waals surface area (Å²) in [7, 11) is -2.89. The van der Waals surface area contributed by atoms with Crippen molar-refractivity contribution in [3.05, 3.63) is 0 Å². The van der Waals surface area contributed by atoms with Gasteiger partial charge >= 0.3 is 0 Å². The van der Waals surface area contributed by atoms with E-state index >= 15 is 0 Å². The van der Waals surface area contributed by atoms with E-state index in [0.717, 1.165) is 6.42 Å². The fourth-order valence-corrected chi connectivity index (χ4v) is 4.06. The summed E-state index contributed by atoms with van der Waals surface area (Å²) in [5.41, 5.74) is 0. The Bertz CT molecular complexity index is 393. The molecule has 5 nitrogen and oxygen atoms in total. The zero-order valence-corrected chi connectivity index (χ0v) is 13.0. The van der Waals surface area contributed by atoms with Gasteiger partial charge in [0.15, 0.2) is 9.84 Å². The van der Waals surface area contributed by atoms with Gasteiger partial charge in [-0.1, -0.05) is 20.8 Å². The molecule has 1 saturated heterocycles. The summed E-state index contributed by atoms with van der Waals surface area (Å²) < 4.78 is 22.9. The number of nitrogens with zero attached hydrogens (tertiary/aromatic N) is 1. The van der Waals surface area contributed by atoms with E-state index in [1.54, 1.807) is 0 Å². The lowest BCUT2D eigenvalue weighted by atomic mass is 10.1. The molecule has 0 aliphatic carbocycles. The van der Waals surface area contributed by atoms with Crippen molar-refractivity contribution in [2.75, 3.05) is 31.1 Å². The van der Waals surface area contributed by atoms with Crippen molar-refractivity contribution < 1.29 is 13.2 Å². The Kier molecular flexibility index (Phi) is 6.26. The molecule has 0 saturated carbocycles. The number of hydrogen-bond donors (Lipinski definition) is 1. The van der Waals surface area contributed by atoms with Crippen LogP contribution in [0.2, 0.25) is 0 Å². The number of carbonyl (C=O) groups excluding carboxylic acids is 1. The number of amides is 1. The summed E-state index contributed by atoms with van der Waals surface area (Å²) >= 11 is 0. The van der Waals surface area contributed by atoms with Gasteiger partial charge in [-0.2, -0.15) is 0 Å². The second-order valence-electron chi connectivity index (χ2n) is 5.65. The Morgan fingerprint density at radius 2 is 2.11 bits per heavy atom. The Labute approximate surface area is 116 Å². The molecule has 0 aromatic rings. The Hall–Kier alpha value is -0.620. The van der Waals surface area contributed by atoms with Gasteiger partial charge in [0.1, 0.15) is 0 Å². The molecule has 0 spiro atoms. The van der Waals surface area contributed by atoms with Crippen LogP contribution in [0.25, 0.3) is 0 Å². The molecule has 0 aromatic carbocycles. The smallest absolute Gasteiger partial charge is 0.234 e. The lowest BCUT2D eigenvalue weighted by Crippen LogP contribution is -2.43. The second kappa shape index (κ2) is 7.24. The van der Waals surface area contributed by atoms with Crippen LogP contribution in [-0.4, -0.2) is 56.4 Å². The van der Waals surface area contributed by atoms with E-state index in [1.165, 1.54) is 0 Å². The lowest BCUT2D eigenvalue weighted by Gasteiger charge is -2.25. The molecule has 0 radical (unpaired) electrons. The summed E-state index contributed by atoms with van der Waals surface area (Å²) in [6.07, 6.45) is 1.62. The third-order valence-corrected chi connectivity index (χ3v) is 5.27. The molecular weight excluding hydrogens is 264 g/mol. The summed E-state index contributed by atoms with van der Waals surface area (Å²) in [6.45, 7) is 7.90. The maximum atomic E-state index is 11.8. The van der Waals surface area contributed by atoms with Crippen molar-refractivity contribution in [1.29, 1.82) is 0 Å². The van der Waals surface area contributed by atoms with Gasteiger partial charge in [-0.25, -0.2) is 8.42 Å². The average Bonchev–Trinajstić information content (AvgIpc) is 2.66. The van der Waals surface area contributed by atoms with E-state index < -0.39 is 9.84 Å². The molecule has 1 heterocycles. The summed E-state index contributed by atoms with van der Waals surface area (Å²) in [6, 6.07) is 0.00542. The summed E-state index contributed by atoms with van der Waals surface area (Å²) in [4.78, 5) is 13.8. The van der Waals surface area contributed by atoms with Gasteiger partial charge < -0.3 is 5.32 Å². The molecule has 6 heteroatoms. The van der Waals surface area contributed by atoms with Crippen LogP contribution < -0.4 is 5.32 Å². The minimum absolute atomic E-state index is 0.00542. The van der Waals surface area contributed by atoms with Gasteiger partial charge in [-0.15, -0.1) is 0 Å². The van der Waals surface area contributed by atoms with E-state index in [0.29, 0.717) is 32.0 Å². The standard InChI is InChI=1S/C13H26N2O3S/c1-4-15(12-6-8-19(17,18)10-12)9-13(16)14-7-5-11(2)3/h11-12H,4-10H2,1-3H3,(H,14,16). The first-order chi connectivity index (χ1) is 8.84. The fourth-order valence-electron chi connectivity index (χ4n) is 2.30. The normalized spacial score (nSPS) is 22.1. The van der Waals surface area contributed by atoms with Crippen molar-refractivity contribution >= 4 is 15.7 Å². The number of sulfone groups is 1. The molecule has 1 rings (SSSR count). The predicted molar refractivity (Wildman–Crippen MR) is 76.8 cm³/mol. The van der Waals surface area contributed by atoms with Crippen LogP contribution in [0.1, 0.15) is 33.6 Å². The number of carbonyl (C=O) groups is 1. The Morgan fingerprint density at radius 3 is 2.58 bits per heavy atom. The Morgan fingerprint density at radius 1 is 1.42 bits per heavy atom. The summed E-state index contributed by atoms with van der Waals surface area (Å²) in [5, 5.41) is 2.89. The van der Waals surface area contributed by atoms with Crippen LogP contribution in [0.15, 0.2) is 0 Å². The molecule has 0 bridgehead atoms. The molecular formula is C13H26N2O3S. The second-order valence-corrected chi connectivity index (χ2v) is 7.88. The van der Waals surface area contributed by atoms with Crippen LogP contribution in [0.3, 0.4) is 0 Å². The highest BCUT2D eigenvalue weighted by Gasteiger charge is 2.32. The molecule has 1 atom stereocenters. The SMILES string of the molecule is CCN(CC(=O)NCCC(C)C)C1CCS(=O)(=O)C1. The van der Waals surface area contributed by atoms with Crippen molar-refractivity contribution in [1.82, 2.24) is 10.2 Å². The first-order valence-electron chi connectivity index (χ1n) is 7.05. The van der Waals surface area contributed by atoms with E-state index in [4.69, 9.17) is 0 Å². The highest BCUT2D eigenvalue weighted by Crippen LogP contribution is 2.17. The van der Waals surface area contributed by atoms with Gasteiger partial charge in [0.05, 0.1) is 18.1 Å². The molecule has 19 heavy (non-hydrogen) atoms. The number of likely N-dealkylation sites (N-methyl/N-ethyl adjacent to an activating group) is 1. The van der Waals surface area contributed by atoms with Crippen LogP contribution in [0.4, 0.5) is 0 Å². The molecule has 112 valence electrons. The third kappa shape index (κ3) is 5.91. The molecule has 1 unspecified atom stereocenters. The van der Waals surface area contributed by atoms with Crippen molar-refractivity contribution in [2.45, 2.75) is 39.7 Å². The van der Waals surface area contributed by atoms with Gasteiger partial charge in [-0.05, 0) is 25.3 Å². The quantitative estimate of drug-likeness (QED) is 0.748. The zero-order chi connectivity index (χ0) is 14.5. The Balaban J connectivity index is 2.38. The van der Waals surface area contributed by atoms with E-state index in [9.17, 15) is 13.2 Å². The molecule has 1 amide bonds. The predicted octanol–water partition coefficient (Wildman–Crippen LogP) is 0.658.